The van der Waals surface area contributed by atoms with Crippen LogP contribution in [0.1, 0.15) is 44.6 Å². The summed E-state index contributed by atoms with van der Waals surface area (Å²) in [5.74, 6) is 2.32. The molecule has 0 saturated carbocycles. The fourth-order valence-electron chi connectivity index (χ4n) is 3.06. The molecule has 2 N–H and O–H groups in total. The number of ether oxygens (including phenoxy) is 2. The van der Waals surface area contributed by atoms with Gasteiger partial charge in [0.25, 0.3) is 0 Å². The fraction of sp³-hybridized carbons (Fsp3) is 0.550. The van der Waals surface area contributed by atoms with Crippen molar-refractivity contribution < 1.29 is 9.47 Å². The van der Waals surface area contributed by atoms with E-state index in [-0.39, 0.29) is 0 Å². The first-order valence-corrected chi connectivity index (χ1v) is 9.18. The molecule has 0 radical (unpaired) electrons. The summed E-state index contributed by atoms with van der Waals surface area (Å²) in [6, 6.07) is 5.87. The number of hydrogen-bond acceptors (Lipinski definition) is 3. The Morgan fingerprint density at radius 3 is 2.72 bits per heavy atom. The van der Waals surface area contributed by atoms with Crippen LogP contribution in [0.5, 0.6) is 11.5 Å². The van der Waals surface area contributed by atoms with Crippen LogP contribution in [0.15, 0.2) is 34.8 Å². The first-order valence-electron chi connectivity index (χ1n) is 9.18. The number of methoxy groups -OCH3 is 2. The molecular weight excluding hydrogens is 314 g/mol. The summed E-state index contributed by atoms with van der Waals surface area (Å²) in [4.78, 5) is 4.69. The van der Waals surface area contributed by atoms with Gasteiger partial charge in [-0.3, -0.25) is 0 Å². The van der Waals surface area contributed by atoms with Gasteiger partial charge in [-0.2, -0.15) is 0 Å². The summed E-state index contributed by atoms with van der Waals surface area (Å²) in [5.41, 5.74) is 2.58. The summed E-state index contributed by atoms with van der Waals surface area (Å²) in [5, 5.41) is 6.73. The number of rotatable bonds is 8. The highest BCUT2D eigenvalue weighted by atomic mass is 16.5. The number of hydrogen-bond donors (Lipinski definition) is 2. The van der Waals surface area contributed by atoms with Crippen LogP contribution in [-0.2, 0) is 6.54 Å². The first kappa shape index (κ1) is 19.2. The third-order valence-corrected chi connectivity index (χ3v) is 4.36. The molecule has 1 aliphatic carbocycles. The predicted octanol–water partition coefficient (Wildman–Crippen LogP) is 3.65. The molecule has 25 heavy (non-hydrogen) atoms. The van der Waals surface area contributed by atoms with Gasteiger partial charge < -0.3 is 20.1 Å². The van der Waals surface area contributed by atoms with Crippen LogP contribution in [0.4, 0.5) is 0 Å². The maximum Gasteiger partial charge on any atom is 0.191 e. The van der Waals surface area contributed by atoms with E-state index in [1.54, 1.807) is 19.8 Å². The van der Waals surface area contributed by atoms with Crippen LogP contribution in [0.2, 0.25) is 0 Å². The third kappa shape index (κ3) is 6.00. The number of guanidine groups is 1. The molecule has 0 saturated heterocycles. The Kier molecular flexibility index (Phi) is 8.16. The van der Waals surface area contributed by atoms with E-state index >= 15 is 0 Å². The molecule has 1 aromatic carbocycles. The molecule has 1 aromatic rings. The molecule has 1 aliphatic rings. The number of allylic oxidation sites excluding steroid dienone is 1. The van der Waals surface area contributed by atoms with E-state index in [1.807, 2.05) is 18.2 Å². The van der Waals surface area contributed by atoms with E-state index in [1.165, 1.54) is 25.7 Å². The number of para-hydroxylation sites is 1. The van der Waals surface area contributed by atoms with Gasteiger partial charge in [0.15, 0.2) is 17.5 Å². The minimum absolute atomic E-state index is 0.540. The molecule has 0 amide bonds. The lowest BCUT2D eigenvalue weighted by Gasteiger charge is -2.15. The fourth-order valence-corrected chi connectivity index (χ4v) is 3.06. The van der Waals surface area contributed by atoms with E-state index in [0.717, 1.165) is 42.5 Å². The zero-order valence-corrected chi connectivity index (χ0v) is 15.7. The lowest BCUT2D eigenvalue weighted by molar-refractivity contribution is 0.352. The van der Waals surface area contributed by atoms with Crippen molar-refractivity contribution in [2.75, 3.05) is 27.3 Å². The van der Waals surface area contributed by atoms with Gasteiger partial charge in [0.05, 0.1) is 20.8 Å². The third-order valence-electron chi connectivity index (χ3n) is 4.36. The summed E-state index contributed by atoms with van der Waals surface area (Å²) in [7, 11) is 3.31. The van der Waals surface area contributed by atoms with Gasteiger partial charge in [-0.1, -0.05) is 23.8 Å². The maximum atomic E-state index is 5.48. The SMILES string of the molecule is CCNC(=NCc1cccc(OC)c1OC)NCCC1=CCCCC1. The van der Waals surface area contributed by atoms with Crippen molar-refractivity contribution in [3.8, 4) is 11.5 Å². The Hall–Kier alpha value is -2.17. The van der Waals surface area contributed by atoms with Crippen molar-refractivity contribution in [2.24, 2.45) is 4.99 Å². The molecule has 0 unspecified atom stereocenters. The van der Waals surface area contributed by atoms with Crippen molar-refractivity contribution in [2.45, 2.75) is 45.6 Å². The average molecular weight is 345 g/mol. The Balaban J connectivity index is 1.96. The van der Waals surface area contributed by atoms with E-state index < -0.39 is 0 Å². The summed E-state index contributed by atoms with van der Waals surface area (Å²) < 4.78 is 10.8. The minimum atomic E-state index is 0.540. The first-order chi connectivity index (χ1) is 12.3. The van der Waals surface area contributed by atoms with Crippen molar-refractivity contribution >= 4 is 5.96 Å². The highest BCUT2D eigenvalue weighted by Crippen LogP contribution is 2.31. The second-order valence-electron chi connectivity index (χ2n) is 6.13. The standard InChI is InChI=1S/C20H31N3O2/c1-4-21-20(22-14-13-16-9-6-5-7-10-16)23-15-17-11-8-12-18(24-2)19(17)25-3/h8-9,11-12H,4-7,10,13-15H2,1-3H3,(H2,21,22,23). The number of benzene rings is 1. The van der Waals surface area contributed by atoms with Crippen LogP contribution in [0.25, 0.3) is 0 Å². The van der Waals surface area contributed by atoms with Gasteiger partial charge in [0.1, 0.15) is 0 Å². The van der Waals surface area contributed by atoms with Gasteiger partial charge in [-0.15, -0.1) is 0 Å². The zero-order chi connectivity index (χ0) is 17.9. The van der Waals surface area contributed by atoms with Crippen molar-refractivity contribution in [3.05, 3.63) is 35.4 Å². The normalized spacial score (nSPS) is 14.7. The Labute approximate surface area is 151 Å². The maximum absolute atomic E-state index is 5.48. The topological polar surface area (TPSA) is 54.9 Å². The van der Waals surface area contributed by atoms with Crippen LogP contribution in [0.3, 0.4) is 0 Å². The van der Waals surface area contributed by atoms with E-state index in [9.17, 15) is 0 Å². The van der Waals surface area contributed by atoms with Crippen molar-refractivity contribution in [1.82, 2.24) is 10.6 Å². The van der Waals surface area contributed by atoms with Gasteiger partial charge >= 0.3 is 0 Å². The largest absolute Gasteiger partial charge is 0.493 e. The molecule has 0 spiro atoms. The molecule has 2 rings (SSSR count). The lowest BCUT2D eigenvalue weighted by atomic mass is 9.97. The van der Waals surface area contributed by atoms with E-state index in [0.29, 0.717) is 6.54 Å². The summed E-state index contributed by atoms with van der Waals surface area (Å²) >= 11 is 0. The van der Waals surface area contributed by atoms with Gasteiger partial charge in [-0.05, 0) is 45.1 Å². The van der Waals surface area contributed by atoms with Gasteiger partial charge in [0, 0.05) is 18.7 Å². The second kappa shape index (κ2) is 10.6. The molecular formula is C20H31N3O2. The predicted molar refractivity (Wildman–Crippen MR) is 104 cm³/mol. The Bertz CT molecular complexity index is 597. The molecule has 0 aromatic heterocycles. The smallest absolute Gasteiger partial charge is 0.191 e. The highest BCUT2D eigenvalue weighted by Gasteiger charge is 2.09. The van der Waals surface area contributed by atoms with Crippen LogP contribution >= 0.6 is 0 Å². The quantitative estimate of drug-likeness (QED) is 0.429. The minimum Gasteiger partial charge on any atom is -0.493 e. The highest BCUT2D eigenvalue weighted by molar-refractivity contribution is 5.79. The molecule has 5 nitrogen and oxygen atoms in total. The zero-order valence-electron chi connectivity index (χ0n) is 15.7. The van der Waals surface area contributed by atoms with Crippen LogP contribution < -0.4 is 20.1 Å². The Morgan fingerprint density at radius 1 is 1.16 bits per heavy atom. The molecule has 138 valence electrons. The van der Waals surface area contributed by atoms with E-state index in [2.05, 4.69) is 28.6 Å². The number of nitrogens with zero attached hydrogens (tertiary/aromatic N) is 1. The van der Waals surface area contributed by atoms with E-state index in [4.69, 9.17) is 9.47 Å². The summed E-state index contributed by atoms with van der Waals surface area (Å²) in [6.07, 6.45) is 8.64. The average Bonchev–Trinajstić information content (AvgIpc) is 2.66. The molecule has 0 atom stereocenters. The van der Waals surface area contributed by atoms with Crippen molar-refractivity contribution in [3.63, 3.8) is 0 Å². The molecule has 0 bridgehead atoms. The molecule has 0 aliphatic heterocycles. The number of aliphatic imine (C=N–C) groups is 1. The lowest BCUT2D eigenvalue weighted by Crippen LogP contribution is -2.37. The van der Waals surface area contributed by atoms with Crippen LogP contribution in [0, 0.1) is 0 Å². The van der Waals surface area contributed by atoms with Gasteiger partial charge in [0.2, 0.25) is 0 Å². The Morgan fingerprint density at radius 2 is 2.04 bits per heavy atom. The molecule has 0 heterocycles. The molecule has 5 heteroatoms. The van der Waals surface area contributed by atoms with Crippen LogP contribution in [-0.4, -0.2) is 33.3 Å². The number of nitrogens with one attached hydrogen (secondary N) is 2. The second-order valence-corrected chi connectivity index (χ2v) is 6.13. The summed E-state index contributed by atoms with van der Waals surface area (Å²) in [6.45, 7) is 4.36. The monoisotopic (exact) mass is 345 g/mol. The van der Waals surface area contributed by atoms with Gasteiger partial charge in [-0.25, -0.2) is 4.99 Å². The van der Waals surface area contributed by atoms with Crippen molar-refractivity contribution in [1.29, 1.82) is 0 Å². The molecule has 0 fully saturated rings.